The van der Waals surface area contributed by atoms with E-state index in [2.05, 4.69) is 0 Å². The molecule has 0 unspecified atom stereocenters. The second-order valence-corrected chi connectivity index (χ2v) is 3.08. The summed E-state index contributed by atoms with van der Waals surface area (Å²) in [6.45, 7) is 0.471. The SMILES string of the molecule is COc1cc(OC)c(/C=C/CN)c(OC)c1. The molecule has 0 spiro atoms. The third-order valence-corrected chi connectivity index (χ3v) is 2.17. The van der Waals surface area contributed by atoms with Crippen LogP contribution in [0.2, 0.25) is 0 Å². The summed E-state index contributed by atoms with van der Waals surface area (Å²) >= 11 is 0. The van der Waals surface area contributed by atoms with Crippen molar-refractivity contribution >= 4 is 6.08 Å². The van der Waals surface area contributed by atoms with E-state index in [0.717, 1.165) is 5.56 Å². The zero-order valence-electron chi connectivity index (χ0n) is 9.82. The monoisotopic (exact) mass is 223 g/mol. The molecule has 4 heteroatoms. The zero-order chi connectivity index (χ0) is 12.0. The molecule has 0 aromatic heterocycles. The fraction of sp³-hybridized carbons (Fsp3) is 0.333. The van der Waals surface area contributed by atoms with Gasteiger partial charge in [-0.1, -0.05) is 12.2 Å². The minimum Gasteiger partial charge on any atom is -0.496 e. The molecule has 1 aromatic carbocycles. The lowest BCUT2D eigenvalue weighted by Gasteiger charge is -2.12. The van der Waals surface area contributed by atoms with Gasteiger partial charge in [0.25, 0.3) is 0 Å². The molecule has 0 atom stereocenters. The molecule has 16 heavy (non-hydrogen) atoms. The van der Waals surface area contributed by atoms with Crippen LogP contribution in [0.4, 0.5) is 0 Å². The highest BCUT2D eigenvalue weighted by Crippen LogP contribution is 2.34. The topological polar surface area (TPSA) is 53.7 Å². The predicted molar refractivity (Wildman–Crippen MR) is 64.2 cm³/mol. The van der Waals surface area contributed by atoms with Crippen molar-refractivity contribution in [3.8, 4) is 17.2 Å². The van der Waals surface area contributed by atoms with E-state index in [4.69, 9.17) is 19.9 Å². The Morgan fingerprint density at radius 2 is 1.62 bits per heavy atom. The van der Waals surface area contributed by atoms with Crippen LogP contribution >= 0.6 is 0 Å². The second-order valence-electron chi connectivity index (χ2n) is 3.08. The molecule has 0 radical (unpaired) electrons. The van der Waals surface area contributed by atoms with Gasteiger partial charge in [0.2, 0.25) is 0 Å². The van der Waals surface area contributed by atoms with Crippen LogP contribution in [-0.4, -0.2) is 27.9 Å². The van der Waals surface area contributed by atoms with Crippen molar-refractivity contribution in [2.45, 2.75) is 0 Å². The molecule has 0 saturated carbocycles. The van der Waals surface area contributed by atoms with Gasteiger partial charge in [-0.2, -0.15) is 0 Å². The van der Waals surface area contributed by atoms with Crippen LogP contribution in [0.25, 0.3) is 6.08 Å². The highest BCUT2D eigenvalue weighted by molar-refractivity contribution is 5.66. The van der Waals surface area contributed by atoms with Crippen LogP contribution < -0.4 is 19.9 Å². The Hall–Kier alpha value is -1.68. The van der Waals surface area contributed by atoms with Gasteiger partial charge in [0.05, 0.1) is 26.9 Å². The number of methoxy groups -OCH3 is 3. The predicted octanol–water partition coefficient (Wildman–Crippen LogP) is 1.68. The van der Waals surface area contributed by atoms with E-state index in [1.165, 1.54) is 0 Å². The Morgan fingerprint density at radius 1 is 1.06 bits per heavy atom. The Morgan fingerprint density at radius 3 is 2.00 bits per heavy atom. The van der Waals surface area contributed by atoms with Gasteiger partial charge < -0.3 is 19.9 Å². The molecule has 0 fully saturated rings. The molecule has 0 heterocycles. The Kier molecular flexibility index (Phi) is 4.66. The van der Waals surface area contributed by atoms with Gasteiger partial charge in [-0.25, -0.2) is 0 Å². The quantitative estimate of drug-likeness (QED) is 0.825. The average molecular weight is 223 g/mol. The zero-order valence-corrected chi connectivity index (χ0v) is 9.82. The van der Waals surface area contributed by atoms with E-state index in [1.807, 2.05) is 12.2 Å². The van der Waals surface area contributed by atoms with Crippen molar-refractivity contribution in [3.05, 3.63) is 23.8 Å². The molecule has 0 aliphatic carbocycles. The summed E-state index contributed by atoms with van der Waals surface area (Å²) in [7, 11) is 4.81. The fourth-order valence-electron chi connectivity index (χ4n) is 1.38. The van der Waals surface area contributed by atoms with Crippen molar-refractivity contribution in [1.82, 2.24) is 0 Å². The highest BCUT2D eigenvalue weighted by atomic mass is 16.5. The summed E-state index contributed by atoms with van der Waals surface area (Å²) in [5.74, 6) is 2.08. The minimum absolute atomic E-state index is 0.471. The van der Waals surface area contributed by atoms with Crippen molar-refractivity contribution in [2.24, 2.45) is 5.73 Å². The van der Waals surface area contributed by atoms with Crippen LogP contribution in [0.5, 0.6) is 17.2 Å². The van der Waals surface area contributed by atoms with E-state index in [1.54, 1.807) is 33.5 Å². The molecule has 1 aromatic rings. The smallest absolute Gasteiger partial charge is 0.133 e. The lowest BCUT2D eigenvalue weighted by molar-refractivity contribution is 0.374. The van der Waals surface area contributed by atoms with Gasteiger partial charge in [-0.3, -0.25) is 0 Å². The van der Waals surface area contributed by atoms with Crippen LogP contribution in [0.1, 0.15) is 5.56 Å². The second kappa shape index (κ2) is 6.02. The van der Waals surface area contributed by atoms with Gasteiger partial charge in [0, 0.05) is 18.7 Å². The number of hydrogen-bond acceptors (Lipinski definition) is 4. The lowest BCUT2D eigenvalue weighted by atomic mass is 10.1. The molecule has 88 valence electrons. The maximum Gasteiger partial charge on any atom is 0.133 e. The number of hydrogen-bond donors (Lipinski definition) is 1. The normalized spacial score (nSPS) is 10.5. The third kappa shape index (κ3) is 2.67. The largest absolute Gasteiger partial charge is 0.496 e. The Bertz CT molecular complexity index is 350. The molecule has 4 nitrogen and oxygen atoms in total. The Balaban J connectivity index is 3.25. The summed E-state index contributed by atoms with van der Waals surface area (Å²) < 4.78 is 15.7. The first-order chi connectivity index (χ1) is 7.76. The van der Waals surface area contributed by atoms with Crippen LogP contribution in [0.3, 0.4) is 0 Å². The minimum atomic E-state index is 0.471. The van der Waals surface area contributed by atoms with Crippen LogP contribution in [-0.2, 0) is 0 Å². The standard InChI is InChI=1S/C12H17NO3/c1-14-9-7-11(15-2)10(5-4-6-13)12(8-9)16-3/h4-5,7-8H,6,13H2,1-3H3/b5-4+. The maximum atomic E-state index is 5.42. The average Bonchev–Trinajstić information content (AvgIpc) is 2.35. The van der Waals surface area contributed by atoms with E-state index in [9.17, 15) is 0 Å². The summed E-state index contributed by atoms with van der Waals surface area (Å²) in [5.41, 5.74) is 6.28. The summed E-state index contributed by atoms with van der Waals surface area (Å²) in [6, 6.07) is 3.61. The summed E-state index contributed by atoms with van der Waals surface area (Å²) in [5, 5.41) is 0. The maximum absolute atomic E-state index is 5.42. The van der Waals surface area contributed by atoms with Gasteiger partial charge in [-0.05, 0) is 0 Å². The highest BCUT2D eigenvalue weighted by Gasteiger charge is 2.10. The van der Waals surface area contributed by atoms with Crippen molar-refractivity contribution in [3.63, 3.8) is 0 Å². The van der Waals surface area contributed by atoms with Crippen LogP contribution in [0, 0.1) is 0 Å². The number of benzene rings is 1. The molecular weight excluding hydrogens is 206 g/mol. The van der Waals surface area contributed by atoms with E-state index < -0.39 is 0 Å². The molecule has 0 amide bonds. The molecule has 0 saturated heterocycles. The number of nitrogens with two attached hydrogens (primary N) is 1. The Labute approximate surface area is 95.6 Å². The van der Waals surface area contributed by atoms with Gasteiger partial charge >= 0.3 is 0 Å². The number of rotatable bonds is 5. The van der Waals surface area contributed by atoms with Gasteiger partial charge in [0.1, 0.15) is 17.2 Å². The first-order valence-corrected chi connectivity index (χ1v) is 4.93. The van der Waals surface area contributed by atoms with E-state index >= 15 is 0 Å². The number of ether oxygens (including phenoxy) is 3. The first kappa shape index (κ1) is 12.4. The van der Waals surface area contributed by atoms with E-state index in [0.29, 0.717) is 23.8 Å². The molecular formula is C12H17NO3. The first-order valence-electron chi connectivity index (χ1n) is 4.93. The van der Waals surface area contributed by atoms with Gasteiger partial charge in [0.15, 0.2) is 0 Å². The van der Waals surface area contributed by atoms with Crippen molar-refractivity contribution < 1.29 is 14.2 Å². The molecule has 0 bridgehead atoms. The lowest BCUT2D eigenvalue weighted by Crippen LogP contribution is -1.96. The van der Waals surface area contributed by atoms with Crippen molar-refractivity contribution in [2.75, 3.05) is 27.9 Å². The summed E-state index contributed by atoms with van der Waals surface area (Å²) in [4.78, 5) is 0. The summed E-state index contributed by atoms with van der Waals surface area (Å²) in [6.07, 6.45) is 3.71. The van der Waals surface area contributed by atoms with Crippen LogP contribution in [0.15, 0.2) is 18.2 Å². The molecule has 0 aliphatic heterocycles. The van der Waals surface area contributed by atoms with Crippen molar-refractivity contribution in [1.29, 1.82) is 0 Å². The van der Waals surface area contributed by atoms with Gasteiger partial charge in [-0.15, -0.1) is 0 Å². The molecule has 0 aliphatic rings. The molecule has 1 rings (SSSR count). The van der Waals surface area contributed by atoms with E-state index in [-0.39, 0.29) is 0 Å². The fourth-order valence-corrected chi connectivity index (χ4v) is 1.38. The third-order valence-electron chi connectivity index (χ3n) is 2.17. The molecule has 2 N–H and O–H groups in total.